The molecule has 0 aromatic carbocycles. The Morgan fingerprint density at radius 3 is 3.00 bits per heavy atom. The normalized spacial score (nSPS) is 8.44. The Kier molecular flexibility index (Phi) is 1.74. The van der Waals surface area contributed by atoms with Gasteiger partial charge in [-0.05, 0) is 12.1 Å². The predicted octanol–water partition coefficient (Wildman–Crippen LogP) is 1.17. The molecule has 0 unspecified atom stereocenters. The summed E-state index contributed by atoms with van der Waals surface area (Å²) in [6.45, 7) is 0. The van der Waals surface area contributed by atoms with Crippen LogP contribution < -0.4 is 5.43 Å². The van der Waals surface area contributed by atoms with Crippen LogP contribution in [-0.4, -0.2) is 4.98 Å². The third kappa shape index (κ3) is 1.49. The largest absolute Gasteiger partial charge is 0.238 e. The molecule has 1 rings (SSSR count). The standard InChI is InChI=1S/C5H5N3O/c9-8-7-5-3-1-2-4-6-5/h1-4H,(H,6,7,9). The molecule has 1 N–H and O–H groups in total. The van der Waals surface area contributed by atoms with E-state index in [2.05, 4.69) is 15.7 Å². The van der Waals surface area contributed by atoms with E-state index in [4.69, 9.17) is 0 Å². The van der Waals surface area contributed by atoms with E-state index >= 15 is 0 Å². The van der Waals surface area contributed by atoms with Gasteiger partial charge in [0, 0.05) is 6.20 Å². The Bertz CT molecular complexity index is 187. The van der Waals surface area contributed by atoms with Crippen molar-refractivity contribution in [2.45, 2.75) is 0 Å². The summed E-state index contributed by atoms with van der Waals surface area (Å²) < 4.78 is 0. The van der Waals surface area contributed by atoms with E-state index in [1.165, 1.54) is 0 Å². The summed E-state index contributed by atoms with van der Waals surface area (Å²) in [7, 11) is 0. The van der Waals surface area contributed by atoms with Gasteiger partial charge >= 0.3 is 0 Å². The highest BCUT2D eigenvalue weighted by atomic mass is 16.3. The van der Waals surface area contributed by atoms with Crippen molar-refractivity contribution in [1.29, 1.82) is 0 Å². The number of hydrogen-bond acceptors (Lipinski definition) is 3. The first kappa shape index (κ1) is 5.68. The third-order valence-corrected chi connectivity index (χ3v) is 0.825. The molecule has 4 nitrogen and oxygen atoms in total. The number of pyridine rings is 1. The maximum atomic E-state index is 9.57. The van der Waals surface area contributed by atoms with Crippen LogP contribution in [0.4, 0.5) is 5.82 Å². The van der Waals surface area contributed by atoms with Crippen molar-refractivity contribution < 1.29 is 0 Å². The zero-order valence-electron chi connectivity index (χ0n) is 4.61. The first-order valence-electron chi connectivity index (χ1n) is 2.43. The summed E-state index contributed by atoms with van der Waals surface area (Å²) >= 11 is 0. The molecule has 0 fully saturated rings. The van der Waals surface area contributed by atoms with Crippen LogP contribution in [0.3, 0.4) is 0 Å². The van der Waals surface area contributed by atoms with Crippen LogP contribution in [0.15, 0.2) is 29.7 Å². The molecule has 0 aliphatic rings. The van der Waals surface area contributed by atoms with Gasteiger partial charge in [-0.1, -0.05) is 6.07 Å². The highest BCUT2D eigenvalue weighted by molar-refractivity contribution is 5.31. The Morgan fingerprint density at radius 1 is 1.56 bits per heavy atom. The van der Waals surface area contributed by atoms with Gasteiger partial charge in [-0.25, -0.2) is 10.4 Å². The van der Waals surface area contributed by atoms with Gasteiger partial charge in [0.2, 0.25) is 0 Å². The van der Waals surface area contributed by atoms with Gasteiger partial charge in [0.1, 0.15) is 5.82 Å². The molecule has 0 atom stereocenters. The lowest BCUT2D eigenvalue weighted by molar-refractivity contribution is 1.21. The maximum Gasteiger partial charge on any atom is 0.148 e. The summed E-state index contributed by atoms with van der Waals surface area (Å²) in [4.78, 5) is 13.3. The lowest BCUT2D eigenvalue weighted by atomic mass is 10.5. The van der Waals surface area contributed by atoms with E-state index in [-0.39, 0.29) is 0 Å². The minimum absolute atomic E-state index is 0.465. The van der Waals surface area contributed by atoms with Gasteiger partial charge in [0.25, 0.3) is 0 Å². The molecule has 0 spiro atoms. The number of nitroso groups, excluding NO2 is 1. The number of aromatic nitrogens is 1. The predicted molar refractivity (Wildman–Crippen MR) is 33.7 cm³/mol. The van der Waals surface area contributed by atoms with E-state index in [0.29, 0.717) is 5.82 Å². The summed E-state index contributed by atoms with van der Waals surface area (Å²) in [5.74, 6) is 0.465. The first-order chi connectivity index (χ1) is 4.43. The van der Waals surface area contributed by atoms with Gasteiger partial charge in [-0.2, -0.15) is 0 Å². The van der Waals surface area contributed by atoms with Gasteiger partial charge in [0.15, 0.2) is 0 Å². The molecule has 0 saturated carbocycles. The van der Waals surface area contributed by atoms with Crippen LogP contribution >= 0.6 is 0 Å². The highest BCUT2D eigenvalue weighted by Gasteiger charge is 1.84. The van der Waals surface area contributed by atoms with E-state index < -0.39 is 0 Å². The SMILES string of the molecule is O=NNc1ccccn1. The highest BCUT2D eigenvalue weighted by Crippen LogP contribution is 1.97. The topological polar surface area (TPSA) is 54.4 Å². The third-order valence-electron chi connectivity index (χ3n) is 0.825. The molecule has 0 aliphatic carbocycles. The maximum absolute atomic E-state index is 9.57. The Morgan fingerprint density at radius 2 is 2.44 bits per heavy atom. The summed E-state index contributed by atoms with van der Waals surface area (Å²) in [6.07, 6.45) is 1.58. The van der Waals surface area contributed by atoms with Crippen molar-refractivity contribution in [3.8, 4) is 0 Å². The van der Waals surface area contributed by atoms with Crippen molar-refractivity contribution >= 4 is 5.82 Å². The lowest BCUT2D eigenvalue weighted by Gasteiger charge is -1.90. The Hall–Kier alpha value is -1.45. The Labute approximate surface area is 51.9 Å². The molecule has 0 saturated heterocycles. The molecular weight excluding hydrogens is 118 g/mol. The van der Waals surface area contributed by atoms with E-state index in [1.54, 1.807) is 24.4 Å². The summed E-state index contributed by atoms with van der Waals surface area (Å²) in [5.41, 5.74) is 2.17. The van der Waals surface area contributed by atoms with E-state index in [0.717, 1.165) is 0 Å². The average Bonchev–Trinajstić information content (AvgIpc) is 1.91. The van der Waals surface area contributed by atoms with Gasteiger partial charge in [0.05, 0.1) is 5.29 Å². The fourth-order valence-corrected chi connectivity index (χ4v) is 0.476. The van der Waals surface area contributed by atoms with Crippen molar-refractivity contribution in [2.24, 2.45) is 5.29 Å². The molecule has 4 heteroatoms. The summed E-state index contributed by atoms with van der Waals surface area (Å²) in [5, 5.41) is 2.44. The fraction of sp³-hybridized carbons (Fsp3) is 0. The first-order valence-corrected chi connectivity index (χ1v) is 2.43. The fourth-order valence-electron chi connectivity index (χ4n) is 0.476. The second-order valence-electron chi connectivity index (χ2n) is 1.42. The van der Waals surface area contributed by atoms with Crippen LogP contribution in [0.25, 0.3) is 0 Å². The molecule has 1 aromatic rings. The van der Waals surface area contributed by atoms with E-state index in [1.807, 2.05) is 0 Å². The minimum atomic E-state index is 0.465. The zero-order valence-corrected chi connectivity index (χ0v) is 4.61. The molecule has 0 aliphatic heterocycles. The van der Waals surface area contributed by atoms with Crippen LogP contribution in [0.5, 0.6) is 0 Å². The molecule has 0 radical (unpaired) electrons. The molecule has 46 valence electrons. The van der Waals surface area contributed by atoms with Crippen LogP contribution in [-0.2, 0) is 0 Å². The quantitative estimate of drug-likeness (QED) is 0.474. The van der Waals surface area contributed by atoms with Crippen molar-refractivity contribution in [2.75, 3.05) is 5.43 Å². The monoisotopic (exact) mass is 123 g/mol. The number of nitrogens with zero attached hydrogens (tertiary/aromatic N) is 2. The van der Waals surface area contributed by atoms with Crippen LogP contribution in [0.2, 0.25) is 0 Å². The van der Waals surface area contributed by atoms with Crippen LogP contribution in [0, 0.1) is 4.91 Å². The summed E-state index contributed by atoms with van der Waals surface area (Å²) in [6, 6.07) is 5.18. The number of rotatable bonds is 2. The smallest absolute Gasteiger partial charge is 0.148 e. The number of anilines is 1. The molecule has 1 heterocycles. The molecule has 1 aromatic heterocycles. The van der Waals surface area contributed by atoms with Crippen molar-refractivity contribution in [3.05, 3.63) is 29.3 Å². The van der Waals surface area contributed by atoms with Crippen LogP contribution in [0.1, 0.15) is 0 Å². The second-order valence-corrected chi connectivity index (χ2v) is 1.42. The zero-order chi connectivity index (χ0) is 6.53. The second kappa shape index (κ2) is 2.76. The minimum Gasteiger partial charge on any atom is -0.238 e. The molecule has 9 heavy (non-hydrogen) atoms. The Balaban J connectivity index is 2.72. The molecule has 0 amide bonds. The number of hydrogen-bond donors (Lipinski definition) is 1. The van der Waals surface area contributed by atoms with Crippen molar-refractivity contribution in [1.82, 2.24) is 4.98 Å². The number of nitrogens with one attached hydrogen (secondary N) is 1. The molecule has 0 bridgehead atoms. The molecular formula is C5H5N3O. The van der Waals surface area contributed by atoms with Gasteiger partial charge in [-0.15, -0.1) is 4.91 Å². The van der Waals surface area contributed by atoms with Crippen molar-refractivity contribution in [3.63, 3.8) is 0 Å². The van der Waals surface area contributed by atoms with E-state index in [9.17, 15) is 4.91 Å². The lowest BCUT2D eigenvalue weighted by Crippen LogP contribution is -1.87. The van der Waals surface area contributed by atoms with Gasteiger partial charge in [-0.3, -0.25) is 0 Å². The van der Waals surface area contributed by atoms with Gasteiger partial charge < -0.3 is 0 Å². The average molecular weight is 123 g/mol.